The smallest absolute Gasteiger partial charge is 0.0547 e. The first-order valence-corrected chi connectivity index (χ1v) is 20.2. The quantitative estimate of drug-likeness (QED) is 0.150. The molecule has 0 fully saturated rings. The van der Waals surface area contributed by atoms with Crippen molar-refractivity contribution in [1.82, 2.24) is 0 Å². The fourth-order valence-corrected chi connectivity index (χ4v) is 9.23. The van der Waals surface area contributed by atoms with Crippen LogP contribution in [0.2, 0.25) is 0 Å². The van der Waals surface area contributed by atoms with E-state index < -0.39 is 0 Å². The van der Waals surface area contributed by atoms with E-state index in [4.69, 9.17) is 0 Å². The molecule has 0 amide bonds. The van der Waals surface area contributed by atoms with E-state index in [1.807, 2.05) is 0 Å². The normalized spacial score (nSPS) is 12.4. The fourth-order valence-electron chi connectivity index (χ4n) is 9.23. The standard InChI is InChI=1S/C57H43N/c1-57(2)50-35-17-14-32-49(50)55-48(34-20-36-51(55)57)46-30-16-19-38-53(46)58(52-37-18-15-29-44(52)41-24-8-4-9-25-41)54-39-21-33-45(42-26-10-5-11-27-42)56(54)47-31-13-12-28-43(47)40-22-6-3-7-23-40/h3-39H,1-2H3. The van der Waals surface area contributed by atoms with Crippen molar-refractivity contribution in [2.75, 3.05) is 4.90 Å². The van der Waals surface area contributed by atoms with Gasteiger partial charge in [0.15, 0.2) is 0 Å². The molecule has 0 N–H and O–H groups in total. The maximum absolute atomic E-state index is 2.53. The van der Waals surface area contributed by atoms with Crippen molar-refractivity contribution in [2.24, 2.45) is 0 Å². The monoisotopic (exact) mass is 741 g/mol. The van der Waals surface area contributed by atoms with Gasteiger partial charge in [-0.15, -0.1) is 0 Å². The lowest BCUT2D eigenvalue weighted by Gasteiger charge is -2.33. The Morgan fingerprint density at radius 1 is 0.259 bits per heavy atom. The molecule has 9 aromatic carbocycles. The number of hydrogen-bond donors (Lipinski definition) is 0. The van der Waals surface area contributed by atoms with Gasteiger partial charge in [-0.1, -0.05) is 220 Å². The van der Waals surface area contributed by atoms with Crippen molar-refractivity contribution >= 4 is 17.1 Å². The van der Waals surface area contributed by atoms with Crippen LogP contribution < -0.4 is 4.90 Å². The Morgan fingerprint density at radius 2 is 0.655 bits per heavy atom. The molecule has 0 spiro atoms. The van der Waals surface area contributed by atoms with Crippen LogP contribution in [0.25, 0.3) is 66.8 Å². The van der Waals surface area contributed by atoms with Crippen LogP contribution in [-0.4, -0.2) is 0 Å². The van der Waals surface area contributed by atoms with Gasteiger partial charge >= 0.3 is 0 Å². The van der Waals surface area contributed by atoms with Gasteiger partial charge in [-0.3, -0.25) is 0 Å². The van der Waals surface area contributed by atoms with E-state index in [0.29, 0.717) is 0 Å². The van der Waals surface area contributed by atoms with Gasteiger partial charge in [0.05, 0.1) is 17.1 Å². The van der Waals surface area contributed by atoms with Gasteiger partial charge < -0.3 is 4.90 Å². The maximum atomic E-state index is 2.53. The number of benzene rings is 9. The summed E-state index contributed by atoms with van der Waals surface area (Å²) in [5, 5.41) is 0. The van der Waals surface area contributed by atoms with Gasteiger partial charge in [0.1, 0.15) is 0 Å². The molecule has 0 saturated carbocycles. The summed E-state index contributed by atoms with van der Waals surface area (Å²) in [6.45, 7) is 4.72. The Bertz CT molecular complexity index is 2910. The summed E-state index contributed by atoms with van der Waals surface area (Å²) < 4.78 is 0. The van der Waals surface area contributed by atoms with E-state index in [2.05, 4.69) is 243 Å². The molecule has 0 radical (unpaired) electrons. The highest BCUT2D eigenvalue weighted by Gasteiger charge is 2.37. The van der Waals surface area contributed by atoms with Crippen molar-refractivity contribution in [1.29, 1.82) is 0 Å². The van der Waals surface area contributed by atoms with E-state index >= 15 is 0 Å². The first-order chi connectivity index (χ1) is 28.6. The van der Waals surface area contributed by atoms with Gasteiger partial charge in [-0.25, -0.2) is 0 Å². The summed E-state index contributed by atoms with van der Waals surface area (Å²) >= 11 is 0. The van der Waals surface area contributed by atoms with Crippen molar-refractivity contribution in [2.45, 2.75) is 19.3 Å². The van der Waals surface area contributed by atoms with Crippen LogP contribution in [0.1, 0.15) is 25.0 Å². The zero-order chi connectivity index (χ0) is 39.1. The first kappa shape index (κ1) is 35.2. The molecule has 1 heteroatoms. The summed E-state index contributed by atoms with van der Waals surface area (Å²) in [6, 6.07) is 81.9. The van der Waals surface area contributed by atoms with Crippen molar-refractivity contribution in [3.63, 3.8) is 0 Å². The molecule has 276 valence electrons. The molecule has 58 heavy (non-hydrogen) atoms. The van der Waals surface area contributed by atoms with Crippen molar-refractivity contribution in [3.8, 4) is 66.8 Å². The highest BCUT2D eigenvalue weighted by atomic mass is 15.2. The summed E-state index contributed by atoms with van der Waals surface area (Å²) in [5.41, 5.74) is 20.4. The van der Waals surface area contributed by atoms with Crippen LogP contribution >= 0.6 is 0 Å². The second-order valence-corrected chi connectivity index (χ2v) is 15.6. The number of anilines is 3. The minimum atomic E-state index is -0.116. The molecule has 0 bridgehead atoms. The van der Waals surface area contributed by atoms with E-state index in [9.17, 15) is 0 Å². The van der Waals surface area contributed by atoms with Crippen LogP contribution in [-0.2, 0) is 5.41 Å². The first-order valence-electron chi connectivity index (χ1n) is 20.2. The molecule has 0 aromatic heterocycles. The SMILES string of the molecule is CC1(C)c2ccccc2-c2c(-c3ccccc3N(c3ccccc3-c3ccccc3)c3cccc(-c4ccccc4)c3-c3ccccc3-c3ccccc3)cccc21. The van der Waals surface area contributed by atoms with Crippen LogP contribution in [0.4, 0.5) is 17.1 Å². The summed E-state index contributed by atoms with van der Waals surface area (Å²) in [4.78, 5) is 2.53. The van der Waals surface area contributed by atoms with Crippen molar-refractivity contribution in [3.05, 3.63) is 236 Å². The van der Waals surface area contributed by atoms with Gasteiger partial charge in [0.2, 0.25) is 0 Å². The molecule has 9 aromatic rings. The Balaban J connectivity index is 1.32. The largest absolute Gasteiger partial charge is 0.309 e. The van der Waals surface area contributed by atoms with Crippen LogP contribution in [0.3, 0.4) is 0 Å². The minimum Gasteiger partial charge on any atom is -0.309 e. The van der Waals surface area contributed by atoms with E-state index in [0.717, 1.165) is 22.6 Å². The number of hydrogen-bond acceptors (Lipinski definition) is 1. The topological polar surface area (TPSA) is 3.24 Å². The zero-order valence-corrected chi connectivity index (χ0v) is 32.8. The Morgan fingerprint density at radius 3 is 1.31 bits per heavy atom. The van der Waals surface area contributed by atoms with Crippen molar-refractivity contribution < 1.29 is 0 Å². The van der Waals surface area contributed by atoms with Gasteiger partial charge in [-0.2, -0.15) is 0 Å². The van der Waals surface area contributed by atoms with Crippen LogP contribution in [0, 0.1) is 0 Å². The van der Waals surface area contributed by atoms with Gasteiger partial charge in [0.25, 0.3) is 0 Å². The molecule has 1 aliphatic rings. The molecular weight excluding hydrogens is 699 g/mol. The summed E-state index contributed by atoms with van der Waals surface area (Å²) in [6.07, 6.45) is 0. The van der Waals surface area contributed by atoms with E-state index in [1.54, 1.807) is 0 Å². The van der Waals surface area contributed by atoms with Crippen LogP contribution in [0.5, 0.6) is 0 Å². The molecule has 1 nitrogen and oxygen atoms in total. The van der Waals surface area contributed by atoms with Crippen LogP contribution in [0.15, 0.2) is 224 Å². The second kappa shape index (κ2) is 14.7. The lowest BCUT2D eigenvalue weighted by molar-refractivity contribution is 0.660. The summed E-state index contributed by atoms with van der Waals surface area (Å²) in [5.74, 6) is 0. The molecule has 0 unspecified atom stereocenters. The van der Waals surface area contributed by atoms with Gasteiger partial charge in [0, 0.05) is 22.1 Å². The molecule has 0 aliphatic heterocycles. The highest BCUT2D eigenvalue weighted by Crippen LogP contribution is 2.55. The summed E-state index contributed by atoms with van der Waals surface area (Å²) in [7, 11) is 0. The molecule has 0 heterocycles. The number of para-hydroxylation sites is 2. The van der Waals surface area contributed by atoms with E-state index in [-0.39, 0.29) is 5.41 Å². The van der Waals surface area contributed by atoms with E-state index in [1.165, 1.54) is 72.3 Å². The number of nitrogens with zero attached hydrogens (tertiary/aromatic N) is 1. The molecule has 0 saturated heterocycles. The Kier molecular flexibility index (Phi) is 8.92. The molecular formula is C57H43N. The zero-order valence-electron chi connectivity index (χ0n) is 32.8. The molecule has 1 aliphatic carbocycles. The average Bonchev–Trinajstić information content (AvgIpc) is 3.53. The lowest BCUT2D eigenvalue weighted by atomic mass is 9.82. The molecule has 10 rings (SSSR count). The maximum Gasteiger partial charge on any atom is 0.0547 e. The average molecular weight is 742 g/mol. The Hall–Kier alpha value is -7.22. The highest BCUT2D eigenvalue weighted by molar-refractivity contribution is 6.05. The third-order valence-corrected chi connectivity index (χ3v) is 11.9. The predicted molar refractivity (Wildman–Crippen MR) is 246 cm³/mol. The number of fused-ring (bicyclic) bond motifs is 3. The number of rotatable bonds is 8. The lowest BCUT2D eigenvalue weighted by Crippen LogP contribution is -2.15. The predicted octanol–water partition coefficient (Wildman–Crippen LogP) is 15.8. The molecule has 0 atom stereocenters. The third-order valence-electron chi connectivity index (χ3n) is 11.9. The Labute approximate surface area is 342 Å². The minimum absolute atomic E-state index is 0.116. The van der Waals surface area contributed by atoms with Gasteiger partial charge in [-0.05, 0) is 79.4 Å². The second-order valence-electron chi connectivity index (χ2n) is 15.6. The third kappa shape index (κ3) is 5.95. The fraction of sp³-hybridized carbons (Fsp3) is 0.0526.